The minimum atomic E-state index is -0.357. The van der Waals surface area contributed by atoms with Crippen LogP contribution in [-0.2, 0) is 0 Å². The van der Waals surface area contributed by atoms with Gasteiger partial charge in [-0.3, -0.25) is 4.79 Å². The Morgan fingerprint density at radius 3 is 2.50 bits per heavy atom. The number of anilines is 1. The summed E-state index contributed by atoms with van der Waals surface area (Å²) in [6, 6.07) is 8.18. The normalized spacial score (nSPS) is 12.9. The first-order valence-electron chi connectivity index (χ1n) is 6.40. The maximum absolute atomic E-state index is 12.4. The van der Waals surface area contributed by atoms with Gasteiger partial charge in [-0.25, -0.2) is 0 Å². The van der Waals surface area contributed by atoms with Crippen LogP contribution in [0.1, 0.15) is 10.4 Å². The molecule has 0 unspecified atom stereocenters. The van der Waals surface area contributed by atoms with Gasteiger partial charge < -0.3 is 14.8 Å². The SMILES string of the molecule is O=C(Nc1cc2c(cc1Br)OCCO2)c1cc(Cl)ccc1Cl. The number of amides is 1. The number of fused-ring (bicyclic) bond motifs is 1. The third kappa shape index (κ3) is 3.16. The molecular weight excluding hydrogens is 393 g/mol. The zero-order chi connectivity index (χ0) is 15.7. The summed E-state index contributed by atoms with van der Waals surface area (Å²) in [5.74, 6) is 0.865. The summed E-state index contributed by atoms with van der Waals surface area (Å²) in [4.78, 5) is 12.4. The van der Waals surface area contributed by atoms with Crippen molar-refractivity contribution in [2.24, 2.45) is 0 Å². The number of rotatable bonds is 2. The van der Waals surface area contributed by atoms with E-state index in [0.717, 1.165) is 0 Å². The summed E-state index contributed by atoms with van der Waals surface area (Å²) in [5.41, 5.74) is 0.862. The third-order valence-electron chi connectivity index (χ3n) is 3.05. The standard InChI is InChI=1S/C15H10BrCl2NO3/c16-10-6-13-14(22-4-3-21-13)7-12(10)19-15(20)9-5-8(17)1-2-11(9)18/h1-2,5-7H,3-4H2,(H,19,20). The van der Waals surface area contributed by atoms with E-state index in [1.165, 1.54) is 6.07 Å². The topological polar surface area (TPSA) is 47.6 Å². The van der Waals surface area contributed by atoms with E-state index in [9.17, 15) is 4.79 Å². The molecule has 0 saturated carbocycles. The van der Waals surface area contributed by atoms with E-state index < -0.39 is 0 Å². The highest BCUT2D eigenvalue weighted by Gasteiger charge is 2.18. The number of hydrogen-bond donors (Lipinski definition) is 1. The Bertz CT molecular complexity index is 752. The summed E-state index contributed by atoms with van der Waals surface area (Å²) < 4.78 is 11.7. The monoisotopic (exact) mass is 401 g/mol. The molecule has 1 amide bonds. The first-order chi connectivity index (χ1) is 10.5. The molecular formula is C15H10BrCl2NO3. The Balaban J connectivity index is 1.89. The van der Waals surface area contributed by atoms with Gasteiger partial charge in [-0.1, -0.05) is 23.2 Å². The van der Waals surface area contributed by atoms with Crippen molar-refractivity contribution in [3.63, 3.8) is 0 Å². The van der Waals surface area contributed by atoms with Crippen LogP contribution in [0.2, 0.25) is 10.0 Å². The molecule has 0 aromatic heterocycles. The Morgan fingerprint density at radius 1 is 1.09 bits per heavy atom. The Labute approximate surface area is 145 Å². The summed E-state index contributed by atoms with van der Waals surface area (Å²) in [6.07, 6.45) is 0. The van der Waals surface area contributed by atoms with Crippen LogP contribution in [0.15, 0.2) is 34.8 Å². The van der Waals surface area contributed by atoms with Crippen LogP contribution in [0.25, 0.3) is 0 Å². The van der Waals surface area contributed by atoms with Gasteiger partial charge in [0.05, 0.1) is 16.3 Å². The molecule has 0 atom stereocenters. The molecule has 0 radical (unpaired) electrons. The predicted octanol–water partition coefficient (Wildman–Crippen LogP) is 4.78. The van der Waals surface area contributed by atoms with Gasteiger partial charge in [-0.2, -0.15) is 0 Å². The highest BCUT2D eigenvalue weighted by molar-refractivity contribution is 9.10. The first-order valence-corrected chi connectivity index (χ1v) is 7.95. The van der Waals surface area contributed by atoms with Gasteiger partial charge in [0.1, 0.15) is 13.2 Å². The van der Waals surface area contributed by atoms with Gasteiger partial charge in [0.25, 0.3) is 5.91 Å². The molecule has 1 aliphatic rings. The zero-order valence-corrected chi connectivity index (χ0v) is 14.3. The lowest BCUT2D eigenvalue weighted by atomic mass is 10.2. The molecule has 0 bridgehead atoms. The number of halogens is 3. The fourth-order valence-electron chi connectivity index (χ4n) is 2.02. The van der Waals surface area contributed by atoms with Crippen LogP contribution < -0.4 is 14.8 Å². The Hall–Kier alpha value is -1.43. The molecule has 2 aromatic carbocycles. The first kappa shape index (κ1) is 15.5. The second kappa shape index (κ2) is 6.36. The summed E-state index contributed by atoms with van der Waals surface area (Å²) in [7, 11) is 0. The maximum atomic E-state index is 12.4. The lowest BCUT2D eigenvalue weighted by Crippen LogP contribution is -2.17. The van der Waals surface area contributed by atoms with E-state index in [1.54, 1.807) is 24.3 Å². The molecule has 114 valence electrons. The predicted molar refractivity (Wildman–Crippen MR) is 89.5 cm³/mol. The van der Waals surface area contributed by atoms with Gasteiger partial charge in [0, 0.05) is 21.6 Å². The highest BCUT2D eigenvalue weighted by atomic mass is 79.9. The van der Waals surface area contributed by atoms with Gasteiger partial charge in [0.2, 0.25) is 0 Å². The quantitative estimate of drug-likeness (QED) is 0.786. The number of benzene rings is 2. The lowest BCUT2D eigenvalue weighted by Gasteiger charge is -2.20. The van der Waals surface area contributed by atoms with E-state index in [0.29, 0.717) is 50.5 Å². The molecule has 1 heterocycles. The minimum Gasteiger partial charge on any atom is -0.486 e. The van der Waals surface area contributed by atoms with Crippen LogP contribution in [0.5, 0.6) is 11.5 Å². The van der Waals surface area contributed by atoms with Crippen LogP contribution in [-0.4, -0.2) is 19.1 Å². The van der Waals surface area contributed by atoms with Gasteiger partial charge >= 0.3 is 0 Å². The fourth-order valence-corrected chi connectivity index (χ4v) is 2.82. The van der Waals surface area contributed by atoms with E-state index in [2.05, 4.69) is 21.2 Å². The smallest absolute Gasteiger partial charge is 0.257 e. The summed E-state index contributed by atoms with van der Waals surface area (Å²) in [6.45, 7) is 0.978. The molecule has 0 aliphatic carbocycles. The van der Waals surface area contributed by atoms with Crippen LogP contribution in [0, 0.1) is 0 Å². The van der Waals surface area contributed by atoms with E-state index >= 15 is 0 Å². The number of carbonyl (C=O) groups is 1. The molecule has 3 rings (SSSR count). The number of nitrogens with one attached hydrogen (secondary N) is 1. The van der Waals surface area contributed by atoms with Crippen LogP contribution >= 0.6 is 39.1 Å². The Kier molecular flexibility index (Phi) is 4.47. The van der Waals surface area contributed by atoms with Crippen molar-refractivity contribution in [3.8, 4) is 11.5 Å². The van der Waals surface area contributed by atoms with Crippen molar-refractivity contribution in [2.75, 3.05) is 18.5 Å². The summed E-state index contributed by atoms with van der Waals surface area (Å²) >= 11 is 15.3. The van der Waals surface area contributed by atoms with Crippen molar-refractivity contribution < 1.29 is 14.3 Å². The van der Waals surface area contributed by atoms with Crippen molar-refractivity contribution in [2.45, 2.75) is 0 Å². The van der Waals surface area contributed by atoms with Crippen molar-refractivity contribution in [1.29, 1.82) is 0 Å². The molecule has 0 spiro atoms. The zero-order valence-electron chi connectivity index (χ0n) is 11.2. The van der Waals surface area contributed by atoms with Gasteiger partial charge in [-0.15, -0.1) is 0 Å². The average Bonchev–Trinajstić information content (AvgIpc) is 2.50. The molecule has 1 aliphatic heterocycles. The molecule has 7 heteroatoms. The largest absolute Gasteiger partial charge is 0.486 e. The second-order valence-electron chi connectivity index (χ2n) is 4.55. The Morgan fingerprint density at radius 2 is 1.77 bits per heavy atom. The maximum Gasteiger partial charge on any atom is 0.257 e. The van der Waals surface area contributed by atoms with Gasteiger partial charge in [-0.05, 0) is 34.1 Å². The number of carbonyl (C=O) groups excluding carboxylic acids is 1. The fraction of sp³-hybridized carbons (Fsp3) is 0.133. The highest BCUT2D eigenvalue weighted by Crippen LogP contribution is 2.38. The van der Waals surface area contributed by atoms with Crippen LogP contribution in [0.3, 0.4) is 0 Å². The molecule has 0 saturated heterocycles. The van der Waals surface area contributed by atoms with E-state index in [1.807, 2.05) is 0 Å². The molecule has 22 heavy (non-hydrogen) atoms. The second-order valence-corrected chi connectivity index (χ2v) is 6.25. The molecule has 2 aromatic rings. The van der Waals surface area contributed by atoms with E-state index in [-0.39, 0.29) is 5.91 Å². The molecule has 4 nitrogen and oxygen atoms in total. The summed E-state index contributed by atoms with van der Waals surface area (Å²) in [5, 5.41) is 3.55. The molecule has 1 N–H and O–H groups in total. The average molecular weight is 403 g/mol. The van der Waals surface area contributed by atoms with Crippen LogP contribution in [0.4, 0.5) is 5.69 Å². The number of ether oxygens (including phenoxy) is 2. The van der Waals surface area contributed by atoms with Crippen molar-refractivity contribution in [3.05, 3.63) is 50.4 Å². The van der Waals surface area contributed by atoms with Gasteiger partial charge in [0.15, 0.2) is 11.5 Å². The van der Waals surface area contributed by atoms with Crippen molar-refractivity contribution >= 4 is 50.7 Å². The number of hydrogen-bond acceptors (Lipinski definition) is 3. The third-order valence-corrected chi connectivity index (χ3v) is 4.27. The lowest BCUT2D eigenvalue weighted by molar-refractivity contribution is 0.102. The molecule has 0 fully saturated rings. The van der Waals surface area contributed by atoms with Crippen molar-refractivity contribution in [1.82, 2.24) is 0 Å². The minimum absolute atomic E-state index is 0.302. The van der Waals surface area contributed by atoms with E-state index in [4.69, 9.17) is 32.7 Å².